The summed E-state index contributed by atoms with van der Waals surface area (Å²) < 4.78 is 80.9. The van der Waals surface area contributed by atoms with E-state index in [9.17, 15) is 26.0 Å². The third-order valence-electron chi connectivity index (χ3n) is 4.24. The number of hydrogen-bond acceptors (Lipinski definition) is 4. The van der Waals surface area contributed by atoms with Gasteiger partial charge in [-0.15, -0.1) is 0 Å². The van der Waals surface area contributed by atoms with Crippen molar-refractivity contribution in [3.63, 3.8) is 0 Å². The Balaban J connectivity index is 2.18. The van der Waals surface area contributed by atoms with E-state index in [1.807, 2.05) is 0 Å². The van der Waals surface area contributed by atoms with Crippen molar-refractivity contribution < 1.29 is 30.5 Å². The number of nitrogens with two attached hydrogens (primary N) is 1. The Morgan fingerprint density at radius 3 is 2.36 bits per heavy atom. The van der Waals surface area contributed by atoms with E-state index in [1.54, 1.807) is 0 Å². The summed E-state index contributed by atoms with van der Waals surface area (Å²) in [6.07, 6.45) is -1.77. The number of hydrogen-bond donors (Lipinski definition) is 1. The molecule has 3 rings (SSSR count). The molecule has 1 heterocycles. The lowest BCUT2D eigenvalue weighted by atomic mass is 9.94. The van der Waals surface area contributed by atoms with E-state index in [0.29, 0.717) is 18.9 Å². The molecule has 1 aromatic carbocycles. The summed E-state index contributed by atoms with van der Waals surface area (Å²) in [4.78, 5) is -0.788. The molecule has 1 saturated carbocycles. The molecular weight excluding hydrogens is 364 g/mol. The van der Waals surface area contributed by atoms with Crippen molar-refractivity contribution in [3.05, 3.63) is 35.5 Å². The first-order chi connectivity index (χ1) is 11.6. The fraction of sp³-hybridized carbons (Fsp3) is 0.400. The predicted molar refractivity (Wildman–Crippen MR) is 79.5 cm³/mol. The van der Waals surface area contributed by atoms with Crippen molar-refractivity contribution in [3.8, 4) is 11.1 Å². The molecule has 1 aromatic heterocycles. The monoisotopic (exact) mass is 378 g/mol. The van der Waals surface area contributed by atoms with Crippen LogP contribution < -0.4 is 5.14 Å². The summed E-state index contributed by atoms with van der Waals surface area (Å²) in [7, 11) is -4.32. The summed E-state index contributed by atoms with van der Waals surface area (Å²) in [5.74, 6) is -2.76. The molecule has 0 amide bonds. The molecule has 0 bridgehead atoms. The Hall–Kier alpha value is -1.94. The van der Waals surface area contributed by atoms with Gasteiger partial charge in [-0.2, -0.15) is 13.2 Å². The molecule has 0 saturated heterocycles. The molecular formula is C15H14F4N2O3S. The smallest absolute Gasteiger partial charge is 0.351 e. The van der Waals surface area contributed by atoms with Crippen molar-refractivity contribution >= 4 is 10.0 Å². The number of benzene rings is 1. The summed E-state index contributed by atoms with van der Waals surface area (Å²) in [5, 5.41) is 8.46. The van der Waals surface area contributed by atoms with Crippen LogP contribution in [0.2, 0.25) is 0 Å². The molecule has 0 unspecified atom stereocenters. The molecule has 0 radical (unpaired) electrons. The second-order valence-electron chi connectivity index (χ2n) is 5.94. The van der Waals surface area contributed by atoms with Gasteiger partial charge in [-0.1, -0.05) is 24.1 Å². The van der Waals surface area contributed by atoms with Crippen LogP contribution in [0.15, 0.2) is 27.6 Å². The van der Waals surface area contributed by atoms with Gasteiger partial charge in [0.1, 0.15) is 10.7 Å². The highest BCUT2D eigenvalue weighted by Gasteiger charge is 2.42. The fourth-order valence-corrected chi connectivity index (χ4v) is 3.73. The summed E-state index contributed by atoms with van der Waals surface area (Å²) in [5.41, 5.74) is -0.382. The highest BCUT2D eigenvalue weighted by Crippen LogP contribution is 2.45. The first kappa shape index (κ1) is 17.9. The Kier molecular flexibility index (Phi) is 4.36. The van der Waals surface area contributed by atoms with Gasteiger partial charge in [0.15, 0.2) is 0 Å². The minimum atomic E-state index is -4.81. The molecule has 1 aliphatic carbocycles. The summed E-state index contributed by atoms with van der Waals surface area (Å²) in [6, 6.07) is 2.62. The molecule has 1 aliphatic rings. The minimum absolute atomic E-state index is 0.118. The number of halogens is 4. The largest absolute Gasteiger partial charge is 0.453 e. The molecule has 0 atom stereocenters. The van der Waals surface area contributed by atoms with Crippen molar-refractivity contribution in [2.75, 3.05) is 0 Å². The number of alkyl halides is 3. The highest BCUT2D eigenvalue weighted by atomic mass is 32.2. The van der Waals surface area contributed by atoms with Gasteiger partial charge < -0.3 is 4.52 Å². The van der Waals surface area contributed by atoms with Gasteiger partial charge in [-0.3, -0.25) is 0 Å². The second kappa shape index (κ2) is 6.10. The van der Waals surface area contributed by atoms with Crippen molar-refractivity contribution in [2.24, 2.45) is 5.14 Å². The number of sulfonamides is 1. The first-order valence-electron chi connectivity index (χ1n) is 7.48. The fourth-order valence-electron chi connectivity index (χ4n) is 3.14. The third kappa shape index (κ3) is 3.40. The zero-order chi connectivity index (χ0) is 18.4. The maximum Gasteiger partial charge on any atom is 0.453 e. The van der Waals surface area contributed by atoms with Crippen LogP contribution in [0, 0.1) is 5.82 Å². The van der Waals surface area contributed by atoms with Crippen molar-refractivity contribution in [1.29, 1.82) is 0 Å². The zero-order valence-electron chi connectivity index (χ0n) is 12.8. The van der Waals surface area contributed by atoms with E-state index < -0.39 is 32.7 Å². The van der Waals surface area contributed by atoms with E-state index in [-0.39, 0.29) is 22.7 Å². The zero-order valence-corrected chi connectivity index (χ0v) is 13.6. The number of aromatic nitrogens is 1. The average molecular weight is 378 g/mol. The normalized spacial score (nSPS) is 16.5. The Morgan fingerprint density at radius 1 is 1.20 bits per heavy atom. The Labute approximate surface area is 140 Å². The topological polar surface area (TPSA) is 86.2 Å². The summed E-state index contributed by atoms with van der Waals surface area (Å²) in [6.45, 7) is 0. The Morgan fingerprint density at radius 2 is 1.84 bits per heavy atom. The van der Waals surface area contributed by atoms with Crippen LogP contribution in [0.1, 0.15) is 43.1 Å². The van der Waals surface area contributed by atoms with Gasteiger partial charge in [0.25, 0.3) is 0 Å². The van der Waals surface area contributed by atoms with Gasteiger partial charge in [-0.25, -0.2) is 17.9 Å². The molecule has 2 aromatic rings. The van der Waals surface area contributed by atoms with E-state index in [2.05, 4.69) is 9.68 Å². The van der Waals surface area contributed by atoms with E-state index >= 15 is 0 Å². The molecule has 136 valence electrons. The van der Waals surface area contributed by atoms with Gasteiger partial charge in [-0.05, 0) is 30.5 Å². The van der Waals surface area contributed by atoms with Gasteiger partial charge in [0.05, 0.1) is 11.3 Å². The lowest BCUT2D eigenvalue weighted by Crippen LogP contribution is -2.14. The average Bonchev–Trinajstić information content (AvgIpc) is 3.14. The van der Waals surface area contributed by atoms with Crippen LogP contribution in [0.3, 0.4) is 0 Å². The van der Waals surface area contributed by atoms with Gasteiger partial charge >= 0.3 is 6.18 Å². The maximum atomic E-state index is 14.1. The van der Waals surface area contributed by atoms with Crippen LogP contribution in [-0.2, 0) is 16.2 Å². The molecule has 0 spiro atoms. The van der Waals surface area contributed by atoms with Crippen molar-refractivity contribution in [2.45, 2.75) is 42.7 Å². The third-order valence-corrected chi connectivity index (χ3v) is 5.19. The molecule has 2 N–H and O–H groups in total. The van der Waals surface area contributed by atoms with Crippen LogP contribution in [0.25, 0.3) is 11.1 Å². The quantitative estimate of drug-likeness (QED) is 0.823. The number of primary sulfonamides is 1. The van der Waals surface area contributed by atoms with Crippen LogP contribution in [0.4, 0.5) is 17.6 Å². The maximum absolute atomic E-state index is 14.1. The lowest BCUT2D eigenvalue weighted by Gasteiger charge is -2.11. The first-order valence-corrected chi connectivity index (χ1v) is 9.03. The van der Waals surface area contributed by atoms with Gasteiger partial charge in [0.2, 0.25) is 15.8 Å². The molecule has 5 nitrogen and oxygen atoms in total. The standard InChI is InChI=1S/C15H14F4N2O3S/c16-10-7-9(5-6-11(10)25(20,22)23)12-13(8-3-1-2-4-8)21-24-14(12)15(17,18)19/h5-8H,1-4H2,(H2,20,22,23). The summed E-state index contributed by atoms with van der Waals surface area (Å²) >= 11 is 0. The van der Waals surface area contributed by atoms with Crippen LogP contribution >= 0.6 is 0 Å². The minimum Gasteiger partial charge on any atom is -0.351 e. The highest BCUT2D eigenvalue weighted by molar-refractivity contribution is 7.89. The molecule has 10 heteroatoms. The van der Waals surface area contributed by atoms with Gasteiger partial charge in [0, 0.05) is 5.92 Å². The molecule has 25 heavy (non-hydrogen) atoms. The van der Waals surface area contributed by atoms with Crippen LogP contribution in [-0.4, -0.2) is 13.6 Å². The van der Waals surface area contributed by atoms with Crippen molar-refractivity contribution in [1.82, 2.24) is 5.16 Å². The van der Waals surface area contributed by atoms with E-state index in [1.165, 1.54) is 0 Å². The number of nitrogens with zero attached hydrogens (tertiary/aromatic N) is 1. The predicted octanol–water partition coefficient (Wildman–Crippen LogP) is 3.80. The number of rotatable bonds is 3. The Bertz CT molecular complexity index is 900. The SMILES string of the molecule is NS(=O)(=O)c1ccc(-c2c(C3CCCC3)noc2C(F)(F)F)cc1F. The van der Waals surface area contributed by atoms with E-state index in [4.69, 9.17) is 5.14 Å². The lowest BCUT2D eigenvalue weighted by molar-refractivity contribution is -0.154. The van der Waals surface area contributed by atoms with Crippen LogP contribution in [0.5, 0.6) is 0 Å². The van der Waals surface area contributed by atoms with E-state index in [0.717, 1.165) is 25.0 Å². The second-order valence-corrected chi connectivity index (χ2v) is 7.47. The molecule has 0 aliphatic heterocycles. The molecule has 1 fully saturated rings.